The first-order chi connectivity index (χ1) is 14.7. The lowest BCUT2D eigenvalue weighted by Gasteiger charge is -2.15. The molecule has 0 aliphatic carbocycles. The second kappa shape index (κ2) is 7.59. The van der Waals surface area contributed by atoms with E-state index >= 15 is 0 Å². The van der Waals surface area contributed by atoms with Crippen LogP contribution in [-0.4, -0.2) is 18.0 Å². The van der Waals surface area contributed by atoms with Crippen molar-refractivity contribution in [3.63, 3.8) is 0 Å². The Morgan fingerprint density at radius 2 is 1.71 bits per heavy atom. The average Bonchev–Trinajstić information content (AvgIpc) is 2.69. The molecule has 4 aromatic rings. The number of aryl methyl sites for hydroxylation is 2. The molecular weight excluding hydrogens is 424 g/mol. The van der Waals surface area contributed by atoms with E-state index in [4.69, 9.17) is 0 Å². The van der Waals surface area contributed by atoms with Crippen molar-refractivity contribution in [3.8, 4) is 5.69 Å². The average molecular weight is 441 g/mol. The van der Waals surface area contributed by atoms with Gasteiger partial charge in [-0.25, -0.2) is 22.2 Å². The van der Waals surface area contributed by atoms with Crippen LogP contribution in [0.15, 0.2) is 70.4 Å². The summed E-state index contributed by atoms with van der Waals surface area (Å²) in [4.78, 5) is 16.8. The van der Waals surface area contributed by atoms with Crippen LogP contribution in [0.25, 0.3) is 16.6 Å². The molecule has 1 heterocycles. The highest BCUT2D eigenvalue weighted by Crippen LogP contribution is 2.24. The molecule has 0 aliphatic rings. The fraction of sp³-hybridized carbons (Fsp3) is 0.0909. The maximum absolute atomic E-state index is 13.9. The zero-order chi connectivity index (χ0) is 22.3. The SMILES string of the molecule is Cc1cc(-n2c(C)nc3ccccc3c2=O)ccc1NS(=O)(=O)c1ccc(F)cc1F. The lowest BCUT2D eigenvalue weighted by atomic mass is 10.1. The van der Waals surface area contributed by atoms with Gasteiger partial charge in [-0.2, -0.15) is 0 Å². The molecule has 3 aromatic carbocycles. The van der Waals surface area contributed by atoms with Gasteiger partial charge in [-0.05, 0) is 61.9 Å². The van der Waals surface area contributed by atoms with E-state index < -0.39 is 26.6 Å². The molecule has 0 radical (unpaired) electrons. The van der Waals surface area contributed by atoms with E-state index in [9.17, 15) is 22.0 Å². The molecule has 1 aromatic heterocycles. The minimum atomic E-state index is -4.28. The topological polar surface area (TPSA) is 81.1 Å². The van der Waals surface area contributed by atoms with Crippen molar-refractivity contribution in [2.45, 2.75) is 18.7 Å². The molecular formula is C22H17F2N3O3S. The Balaban J connectivity index is 1.74. The summed E-state index contributed by atoms with van der Waals surface area (Å²) in [5.74, 6) is -1.59. The van der Waals surface area contributed by atoms with Crippen molar-refractivity contribution >= 4 is 26.6 Å². The first-order valence-electron chi connectivity index (χ1n) is 9.25. The summed E-state index contributed by atoms with van der Waals surface area (Å²) >= 11 is 0. The van der Waals surface area contributed by atoms with E-state index in [1.165, 1.54) is 10.6 Å². The molecule has 0 saturated carbocycles. The number of halogens is 2. The van der Waals surface area contributed by atoms with E-state index in [1.54, 1.807) is 50.2 Å². The minimum absolute atomic E-state index is 0.201. The highest BCUT2D eigenvalue weighted by Gasteiger charge is 2.21. The van der Waals surface area contributed by atoms with Gasteiger partial charge in [0.2, 0.25) is 0 Å². The number of benzene rings is 3. The third kappa shape index (κ3) is 3.79. The Morgan fingerprint density at radius 3 is 2.42 bits per heavy atom. The van der Waals surface area contributed by atoms with Crippen LogP contribution < -0.4 is 10.3 Å². The highest BCUT2D eigenvalue weighted by atomic mass is 32.2. The van der Waals surface area contributed by atoms with E-state index in [2.05, 4.69) is 9.71 Å². The monoisotopic (exact) mass is 441 g/mol. The third-order valence-corrected chi connectivity index (χ3v) is 6.24. The first-order valence-corrected chi connectivity index (χ1v) is 10.7. The quantitative estimate of drug-likeness (QED) is 0.518. The van der Waals surface area contributed by atoms with Crippen LogP contribution in [-0.2, 0) is 10.0 Å². The predicted octanol–water partition coefficient (Wildman–Crippen LogP) is 4.08. The van der Waals surface area contributed by atoms with Gasteiger partial charge in [0, 0.05) is 6.07 Å². The summed E-state index contributed by atoms with van der Waals surface area (Å²) in [5, 5.41) is 0.460. The normalized spacial score (nSPS) is 11.6. The standard InChI is InChI=1S/C22H17F2N3O3S/c1-13-11-16(27-14(2)25-20-6-4-3-5-17(20)22(27)28)8-9-19(13)26-31(29,30)21-10-7-15(23)12-18(21)24/h3-12,26H,1-2H3. The van der Waals surface area contributed by atoms with Crippen molar-refractivity contribution in [1.29, 1.82) is 0 Å². The third-order valence-electron chi connectivity index (χ3n) is 4.84. The molecule has 4 rings (SSSR count). The lowest BCUT2D eigenvalue weighted by molar-refractivity contribution is 0.551. The van der Waals surface area contributed by atoms with E-state index in [0.717, 1.165) is 12.1 Å². The molecule has 0 saturated heterocycles. The van der Waals surface area contributed by atoms with Crippen LogP contribution >= 0.6 is 0 Å². The maximum Gasteiger partial charge on any atom is 0.265 e. The molecule has 0 unspecified atom stereocenters. The van der Waals surface area contributed by atoms with Crippen molar-refractivity contribution in [2.75, 3.05) is 4.72 Å². The largest absolute Gasteiger partial charge is 0.279 e. The van der Waals surface area contributed by atoms with Crippen molar-refractivity contribution in [3.05, 3.63) is 94.0 Å². The molecule has 0 fully saturated rings. The molecule has 6 nitrogen and oxygen atoms in total. The van der Waals surface area contributed by atoms with Gasteiger partial charge in [-0.1, -0.05) is 12.1 Å². The number of anilines is 1. The van der Waals surface area contributed by atoms with Gasteiger partial charge >= 0.3 is 0 Å². The van der Waals surface area contributed by atoms with Gasteiger partial charge in [0.15, 0.2) is 0 Å². The number of fused-ring (bicyclic) bond motifs is 1. The summed E-state index contributed by atoms with van der Waals surface area (Å²) in [6.07, 6.45) is 0. The van der Waals surface area contributed by atoms with Crippen molar-refractivity contribution in [2.24, 2.45) is 0 Å². The Labute approximate surface area is 176 Å². The van der Waals surface area contributed by atoms with Crippen LogP contribution in [0.3, 0.4) is 0 Å². The summed E-state index contributed by atoms with van der Waals surface area (Å²) in [6.45, 7) is 3.36. The number of hydrogen-bond acceptors (Lipinski definition) is 4. The van der Waals surface area contributed by atoms with E-state index in [-0.39, 0.29) is 11.2 Å². The van der Waals surface area contributed by atoms with Gasteiger partial charge in [0.25, 0.3) is 15.6 Å². The number of para-hydroxylation sites is 1. The highest BCUT2D eigenvalue weighted by molar-refractivity contribution is 7.92. The second-order valence-corrected chi connectivity index (χ2v) is 8.65. The molecule has 0 amide bonds. The minimum Gasteiger partial charge on any atom is -0.279 e. The summed E-state index contributed by atoms with van der Waals surface area (Å²) in [7, 11) is -4.28. The summed E-state index contributed by atoms with van der Waals surface area (Å²) < 4.78 is 55.9. The Morgan fingerprint density at radius 1 is 0.968 bits per heavy atom. The van der Waals surface area contributed by atoms with Crippen LogP contribution in [0, 0.1) is 25.5 Å². The number of sulfonamides is 1. The number of rotatable bonds is 4. The maximum atomic E-state index is 13.9. The molecule has 31 heavy (non-hydrogen) atoms. The van der Waals surface area contributed by atoms with Crippen molar-refractivity contribution in [1.82, 2.24) is 9.55 Å². The number of hydrogen-bond donors (Lipinski definition) is 1. The fourth-order valence-corrected chi connectivity index (χ4v) is 4.53. The Hall–Kier alpha value is -3.59. The predicted molar refractivity (Wildman–Crippen MR) is 114 cm³/mol. The number of aromatic nitrogens is 2. The second-order valence-electron chi connectivity index (χ2n) is 7.00. The van der Waals surface area contributed by atoms with Crippen molar-refractivity contribution < 1.29 is 17.2 Å². The molecule has 9 heteroatoms. The first kappa shape index (κ1) is 20.7. The van der Waals surface area contributed by atoms with Gasteiger partial charge < -0.3 is 0 Å². The van der Waals surface area contributed by atoms with Crippen LogP contribution in [0.1, 0.15) is 11.4 Å². The molecule has 0 aliphatic heterocycles. The van der Waals surface area contributed by atoms with Gasteiger partial charge in [-0.3, -0.25) is 14.1 Å². The van der Waals surface area contributed by atoms with Crippen LogP contribution in [0.2, 0.25) is 0 Å². The molecule has 0 atom stereocenters. The lowest BCUT2D eigenvalue weighted by Crippen LogP contribution is -2.22. The molecule has 158 valence electrons. The summed E-state index contributed by atoms with van der Waals surface area (Å²) in [5.41, 5.74) is 1.55. The van der Waals surface area contributed by atoms with Gasteiger partial charge in [-0.15, -0.1) is 0 Å². The summed E-state index contributed by atoms with van der Waals surface area (Å²) in [6, 6.07) is 13.9. The zero-order valence-corrected chi connectivity index (χ0v) is 17.4. The van der Waals surface area contributed by atoms with E-state index in [0.29, 0.717) is 34.0 Å². The number of nitrogens with zero attached hydrogens (tertiary/aromatic N) is 2. The van der Waals surface area contributed by atoms with E-state index in [1.807, 2.05) is 0 Å². The molecule has 0 bridgehead atoms. The molecule has 0 spiro atoms. The number of nitrogens with one attached hydrogen (secondary N) is 1. The van der Waals surface area contributed by atoms with Gasteiger partial charge in [0.05, 0.1) is 22.3 Å². The van der Waals surface area contributed by atoms with Gasteiger partial charge in [0.1, 0.15) is 22.4 Å². The Kier molecular flexibility index (Phi) is 5.06. The zero-order valence-electron chi connectivity index (χ0n) is 16.6. The smallest absolute Gasteiger partial charge is 0.265 e. The Bertz CT molecular complexity index is 1500. The van der Waals surface area contributed by atoms with Crippen LogP contribution in [0.4, 0.5) is 14.5 Å². The van der Waals surface area contributed by atoms with Crippen LogP contribution in [0.5, 0.6) is 0 Å². The fourth-order valence-electron chi connectivity index (χ4n) is 3.34. The molecule has 1 N–H and O–H groups in total.